The maximum atomic E-state index is 9.25. The second-order valence-corrected chi connectivity index (χ2v) is 4.81. The van der Waals surface area contributed by atoms with Crippen molar-refractivity contribution in [3.8, 4) is 0 Å². The predicted octanol–water partition coefficient (Wildman–Crippen LogP) is 3.03. The number of hydrogen-bond donors (Lipinski definition) is 1. The maximum Gasteiger partial charge on any atom is 0.0522 e. The molecule has 1 nitrogen and oxygen atoms in total. The van der Waals surface area contributed by atoms with Crippen molar-refractivity contribution in [1.29, 1.82) is 0 Å². The Bertz CT molecular complexity index is 305. The number of aliphatic hydroxyl groups is 1. The summed E-state index contributed by atoms with van der Waals surface area (Å²) in [4.78, 5) is 0. The first-order valence-electron chi connectivity index (χ1n) is 4.35. The van der Waals surface area contributed by atoms with E-state index < -0.39 is 0 Å². The number of hydrogen-bond acceptors (Lipinski definition) is 1. The Morgan fingerprint density at radius 2 is 2.00 bits per heavy atom. The SMILES string of the molecule is Cc1c(Br)cccc1C(C)(C)CO. The van der Waals surface area contributed by atoms with Crippen LogP contribution >= 0.6 is 15.9 Å². The van der Waals surface area contributed by atoms with Crippen molar-refractivity contribution >= 4 is 15.9 Å². The third kappa shape index (κ3) is 2.12. The topological polar surface area (TPSA) is 20.2 Å². The van der Waals surface area contributed by atoms with E-state index in [-0.39, 0.29) is 12.0 Å². The van der Waals surface area contributed by atoms with Gasteiger partial charge in [-0.05, 0) is 24.1 Å². The maximum absolute atomic E-state index is 9.25. The van der Waals surface area contributed by atoms with Crippen LogP contribution in [0.1, 0.15) is 25.0 Å². The zero-order chi connectivity index (χ0) is 10.1. The molecule has 72 valence electrons. The summed E-state index contributed by atoms with van der Waals surface area (Å²) in [5.74, 6) is 0. The van der Waals surface area contributed by atoms with Gasteiger partial charge in [0, 0.05) is 9.89 Å². The summed E-state index contributed by atoms with van der Waals surface area (Å²) in [5, 5.41) is 9.25. The molecule has 0 spiro atoms. The van der Waals surface area contributed by atoms with E-state index in [4.69, 9.17) is 0 Å². The number of rotatable bonds is 2. The highest BCUT2D eigenvalue weighted by molar-refractivity contribution is 9.10. The van der Waals surface area contributed by atoms with Crippen LogP contribution in [-0.4, -0.2) is 11.7 Å². The fourth-order valence-corrected chi connectivity index (χ4v) is 1.79. The van der Waals surface area contributed by atoms with Crippen LogP contribution in [0, 0.1) is 6.92 Å². The van der Waals surface area contributed by atoms with Crippen LogP contribution < -0.4 is 0 Å². The number of halogens is 1. The van der Waals surface area contributed by atoms with Gasteiger partial charge < -0.3 is 5.11 Å². The Hall–Kier alpha value is -0.340. The molecule has 0 aliphatic carbocycles. The van der Waals surface area contributed by atoms with E-state index in [9.17, 15) is 5.11 Å². The van der Waals surface area contributed by atoms with Crippen molar-refractivity contribution in [2.45, 2.75) is 26.2 Å². The molecule has 1 rings (SSSR count). The second-order valence-electron chi connectivity index (χ2n) is 3.95. The van der Waals surface area contributed by atoms with Crippen molar-refractivity contribution in [1.82, 2.24) is 0 Å². The van der Waals surface area contributed by atoms with Gasteiger partial charge in [0.25, 0.3) is 0 Å². The van der Waals surface area contributed by atoms with Gasteiger partial charge >= 0.3 is 0 Å². The summed E-state index contributed by atoms with van der Waals surface area (Å²) < 4.78 is 1.10. The average molecular weight is 243 g/mol. The summed E-state index contributed by atoms with van der Waals surface area (Å²) in [5.41, 5.74) is 2.25. The normalized spacial score (nSPS) is 11.8. The van der Waals surface area contributed by atoms with Crippen LogP contribution in [0.4, 0.5) is 0 Å². The van der Waals surface area contributed by atoms with Gasteiger partial charge in [-0.2, -0.15) is 0 Å². The molecule has 2 heteroatoms. The molecule has 0 atom stereocenters. The largest absolute Gasteiger partial charge is 0.395 e. The molecule has 0 aliphatic heterocycles. The van der Waals surface area contributed by atoms with E-state index in [2.05, 4.69) is 28.9 Å². The molecule has 1 aromatic rings. The molecule has 0 unspecified atom stereocenters. The van der Waals surface area contributed by atoms with Crippen LogP contribution in [0.25, 0.3) is 0 Å². The first-order chi connectivity index (χ1) is 5.99. The first-order valence-corrected chi connectivity index (χ1v) is 5.15. The zero-order valence-corrected chi connectivity index (χ0v) is 9.85. The van der Waals surface area contributed by atoms with Gasteiger partial charge in [-0.25, -0.2) is 0 Å². The third-order valence-electron chi connectivity index (χ3n) is 2.39. The smallest absolute Gasteiger partial charge is 0.0522 e. The monoisotopic (exact) mass is 242 g/mol. The van der Waals surface area contributed by atoms with Crippen molar-refractivity contribution in [3.63, 3.8) is 0 Å². The van der Waals surface area contributed by atoms with Crippen molar-refractivity contribution in [3.05, 3.63) is 33.8 Å². The number of aliphatic hydroxyl groups excluding tert-OH is 1. The molecule has 0 saturated heterocycles. The fourth-order valence-electron chi connectivity index (χ4n) is 1.43. The van der Waals surface area contributed by atoms with E-state index in [1.807, 2.05) is 26.0 Å². The van der Waals surface area contributed by atoms with Gasteiger partial charge in [0.05, 0.1) is 6.61 Å². The molecular weight excluding hydrogens is 228 g/mol. The summed E-state index contributed by atoms with van der Waals surface area (Å²) >= 11 is 3.49. The highest BCUT2D eigenvalue weighted by Gasteiger charge is 2.21. The van der Waals surface area contributed by atoms with Crippen LogP contribution in [0.2, 0.25) is 0 Å². The van der Waals surface area contributed by atoms with Gasteiger partial charge in [-0.15, -0.1) is 0 Å². The minimum Gasteiger partial charge on any atom is -0.395 e. The quantitative estimate of drug-likeness (QED) is 0.846. The summed E-state index contributed by atoms with van der Waals surface area (Å²) in [7, 11) is 0. The second kappa shape index (κ2) is 3.81. The van der Waals surface area contributed by atoms with E-state index in [1.165, 1.54) is 11.1 Å². The van der Waals surface area contributed by atoms with E-state index in [1.54, 1.807) is 0 Å². The Morgan fingerprint density at radius 1 is 1.38 bits per heavy atom. The van der Waals surface area contributed by atoms with Gasteiger partial charge in [-0.3, -0.25) is 0 Å². The minimum atomic E-state index is -0.159. The van der Waals surface area contributed by atoms with Crippen molar-refractivity contribution in [2.75, 3.05) is 6.61 Å². The van der Waals surface area contributed by atoms with Crippen molar-refractivity contribution < 1.29 is 5.11 Å². The highest BCUT2D eigenvalue weighted by atomic mass is 79.9. The van der Waals surface area contributed by atoms with Crippen LogP contribution in [0.3, 0.4) is 0 Å². The molecule has 1 N–H and O–H groups in total. The fraction of sp³-hybridized carbons (Fsp3) is 0.455. The molecule has 0 saturated carbocycles. The summed E-state index contributed by atoms with van der Waals surface area (Å²) in [6.07, 6.45) is 0. The molecule has 0 aromatic heterocycles. The average Bonchev–Trinajstić information content (AvgIpc) is 2.09. The van der Waals surface area contributed by atoms with Gasteiger partial charge in [0.1, 0.15) is 0 Å². The molecule has 0 aliphatic rings. The Labute approximate surface area is 87.9 Å². The highest BCUT2D eigenvalue weighted by Crippen LogP contribution is 2.29. The molecule has 0 radical (unpaired) electrons. The molecule has 0 amide bonds. The lowest BCUT2D eigenvalue weighted by molar-refractivity contribution is 0.218. The van der Waals surface area contributed by atoms with E-state index >= 15 is 0 Å². The molecule has 0 fully saturated rings. The lowest BCUT2D eigenvalue weighted by Crippen LogP contribution is -2.23. The van der Waals surface area contributed by atoms with Crippen LogP contribution in [-0.2, 0) is 5.41 Å². The minimum absolute atomic E-state index is 0.159. The number of benzene rings is 1. The van der Waals surface area contributed by atoms with E-state index in [0.29, 0.717) is 0 Å². The molecule has 1 aromatic carbocycles. The lowest BCUT2D eigenvalue weighted by Gasteiger charge is -2.24. The summed E-state index contributed by atoms with van der Waals surface area (Å²) in [6, 6.07) is 6.09. The Morgan fingerprint density at radius 3 is 2.54 bits per heavy atom. The molecular formula is C11H15BrO. The molecule has 13 heavy (non-hydrogen) atoms. The van der Waals surface area contributed by atoms with Crippen LogP contribution in [0.15, 0.2) is 22.7 Å². The van der Waals surface area contributed by atoms with Crippen molar-refractivity contribution in [2.24, 2.45) is 0 Å². The standard InChI is InChI=1S/C11H15BrO/c1-8-9(11(2,3)7-13)5-4-6-10(8)12/h4-6,13H,7H2,1-3H3. The van der Waals surface area contributed by atoms with Gasteiger partial charge in [0.2, 0.25) is 0 Å². The third-order valence-corrected chi connectivity index (χ3v) is 3.25. The van der Waals surface area contributed by atoms with Gasteiger partial charge in [0.15, 0.2) is 0 Å². The van der Waals surface area contributed by atoms with E-state index in [0.717, 1.165) is 4.47 Å². The molecule has 0 heterocycles. The first kappa shape index (κ1) is 10.7. The van der Waals surface area contributed by atoms with Crippen LogP contribution in [0.5, 0.6) is 0 Å². The molecule has 0 bridgehead atoms. The lowest BCUT2D eigenvalue weighted by atomic mass is 9.83. The zero-order valence-electron chi connectivity index (χ0n) is 8.26. The Kier molecular flexibility index (Phi) is 3.14. The Balaban J connectivity index is 3.22. The van der Waals surface area contributed by atoms with Gasteiger partial charge in [-0.1, -0.05) is 41.9 Å². The summed E-state index contributed by atoms with van der Waals surface area (Å²) in [6.45, 7) is 6.32. The predicted molar refractivity (Wildman–Crippen MR) is 59.0 cm³/mol.